The molecule has 4 heterocycles. The molecule has 1 saturated heterocycles. The molecule has 1 fully saturated rings. The maximum atomic E-state index is 4.66. The third kappa shape index (κ3) is 4.25. The fourth-order valence-electron chi connectivity index (χ4n) is 5.00. The monoisotopic (exact) mass is 504 g/mol. The largest absolute Gasteiger partial charge is 0.367 e. The lowest BCUT2D eigenvalue weighted by molar-refractivity contribution is 0.493. The van der Waals surface area contributed by atoms with Gasteiger partial charge in [-0.1, -0.05) is 22.0 Å². The fourth-order valence-corrected chi connectivity index (χ4v) is 5.41. The third-order valence-corrected chi connectivity index (χ3v) is 7.23. The Bertz CT molecular complexity index is 1240. The van der Waals surface area contributed by atoms with E-state index in [-0.39, 0.29) is 0 Å². The highest BCUT2D eigenvalue weighted by Crippen LogP contribution is 2.30. The Morgan fingerprint density at radius 1 is 1.00 bits per heavy atom. The number of benzene rings is 1. The predicted molar refractivity (Wildman–Crippen MR) is 131 cm³/mol. The van der Waals surface area contributed by atoms with E-state index in [1.807, 2.05) is 24.7 Å². The van der Waals surface area contributed by atoms with Crippen LogP contribution in [-0.4, -0.2) is 49.5 Å². The minimum Gasteiger partial charge on any atom is -0.367 e. The number of hydrogen-bond acceptors (Lipinski definition) is 6. The van der Waals surface area contributed by atoms with E-state index in [4.69, 9.17) is 0 Å². The molecule has 2 aliphatic rings. The van der Waals surface area contributed by atoms with Gasteiger partial charge < -0.3 is 15.2 Å². The second-order valence-electron chi connectivity index (χ2n) is 8.87. The number of imidazole rings is 1. The van der Waals surface area contributed by atoms with Crippen LogP contribution in [0.1, 0.15) is 35.6 Å². The zero-order chi connectivity index (χ0) is 22.2. The van der Waals surface area contributed by atoms with Crippen LogP contribution < -0.4 is 10.2 Å². The number of piperidine rings is 1. The SMILES string of the molecule is Brc1ccc2c(c1)CC(Nc1cc(-c3ncc(N4CCC(c5cn[nH]n5)CC4)[nH]3)ccn1)C2. The van der Waals surface area contributed by atoms with Crippen molar-refractivity contribution in [2.75, 3.05) is 23.3 Å². The van der Waals surface area contributed by atoms with Gasteiger partial charge in [-0.05, 0) is 61.1 Å². The van der Waals surface area contributed by atoms with Crippen molar-refractivity contribution in [3.8, 4) is 11.4 Å². The molecular weight excluding hydrogens is 480 g/mol. The second kappa shape index (κ2) is 8.62. The van der Waals surface area contributed by atoms with Crippen molar-refractivity contribution in [1.82, 2.24) is 30.4 Å². The van der Waals surface area contributed by atoms with Crippen LogP contribution in [0.4, 0.5) is 11.6 Å². The van der Waals surface area contributed by atoms with Crippen molar-refractivity contribution in [3.05, 3.63) is 70.2 Å². The van der Waals surface area contributed by atoms with Gasteiger partial charge in [0.1, 0.15) is 17.5 Å². The Kier molecular flexibility index (Phi) is 5.33. The highest BCUT2D eigenvalue weighted by Gasteiger charge is 2.24. The van der Waals surface area contributed by atoms with Crippen LogP contribution in [-0.2, 0) is 12.8 Å². The summed E-state index contributed by atoms with van der Waals surface area (Å²) < 4.78 is 1.14. The molecule has 1 atom stereocenters. The van der Waals surface area contributed by atoms with Gasteiger partial charge in [-0.3, -0.25) is 0 Å². The molecule has 168 valence electrons. The predicted octanol–water partition coefficient (Wildman–Crippen LogP) is 4.32. The summed E-state index contributed by atoms with van der Waals surface area (Å²) in [4.78, 5) is 15.1. The molecule has 8 nitrogen and oxygen atoms in total. The first-order valence-corrected chi connectivity index (χ1v) is 12.2. The molecule has 0 bridgehead atoms. The minimum atomic E-state index is 0.357. The molecule has 9 heteroatoms. The molecule has 1 aliphatic heterocycles. The summed E-state index contributed by atoms with van der Waals surface area (Å²) in [6.07, 6.45) is 9.77. The van der Waals surface area contributed by atoms with Crippen molar-refractivity contribution in [1.29, 1.82) is 0 Å². The van der Waals surface area contributed by atoms with E-state index in [2.05, 4.69) is 80.8 Å². The Morgan fingerprint density at radius 2 is 1.88 bits per heavy atom. The average molecular weight is 505 g/mol. The molecule has 1 aliphatic carbocycles. The summed E-state index contributed by atoms with van der Waals surface area (Å²) in [5.41, 5.74) is 4.92. The molecule has 1 unspecified atom stereocenters. The van der Waals surface area contributed by atoms with Crippen LogP contribution in [0.2, 0.25) is 0 Å². The lowest BCUT2D eigenvalue weighted by atomic mass is 9.94. The highest BCUT2D eigenvalue weighted by molar-refractivity contribution is 9.10. The van der Waals surface area contributed by atoms with E-state index in [9.17, 15) is 0 Å². The zero-order valence-electron chi connectivity index (χ0n) is 18.1. The number of aromatic amines is 2. The topological polar surface area (TPSA) is 98.4 Å². The van der Waals surface area contributed by atoms with Gasteiger partial charge in [-0.2, -0.15) is 15.4 Å². The fraction of sp³-hybridized carbons (Fsp3) is 0.333. The van der Waals surface area contributed by atoms with Crippen molar-refractivity contribution in [3.63, 3.8) is 0 Å². The summed E-state index contributed by atoms with van der Waals surface area (Å²) in [7, 11) is 0. The maximum absolute atomic E-state index is 4.66. The number of nitrogens with zero attached hydrogens (tertiary/aromatic N) is 5. The lowest BCUT2D eigenvalue weighted by Crippen LogP contribution is -2.33. The molecule has 1 aromatic carbocycles. The summed E-state index contributed by atoms with van der Waals surface area (Å²) >= 11 is 3.58. The molecule has 6 rings (SSSR count). The van der Waals surface area contributed by atoms with Gasteiger partial charge >= 0.3 is 0 Å². The Hall–Kier alpha value is -3.20. The minimum absolute atomic E-state index is 0.357. The van der Waals surface area contributed by atoms with Crippen LogP contribution in [0.3, 0.4) is 0 Å². The van der Waals surface area contributed by atoms with Crippen molar-refractivity contribution in [2.24, 2.45) is 0 Å². The van der Waals surface area contributed by atoms with Gasteiger partial charge in [0, 0.05) is 41.3 Å². The first-order valence-electron chi connectivity index (χ1n) is 11.4. The molecular formula is C24H25BrN8. The van der Waals surface area contributed by atoms with Gasteiger partial charge in [0.15, 0.2) is 0 Å². The van der Waals surface area contributed by atoms with E-state index >= 15 is 0 Å². The van der Waals surface area contributed by atoms with Gasteiger partial charge in [0.05, 0.1) is 18.1 Å². The van der Waals surface area contributed by atoms with E-state index in [1.165, 1.54) is 11.1 Å². The Balaban J connectivity index is 1.11. The first-order chi connectivity index (χ1) is 16.2. The van der Waals surface area contributed by atoms with E-state index in [1.54, 1.807) is 0 Å². The maximum Gasteiger partial charge on any atom is 0.139 e. The number of fused-ring (bicyclic) bond motifs is 1. The van der Waals surface area contributed by atoms with E-state index < -0.39 is 0 Å². The lowest BCUT2D eigenvalue weighted by Gasteiger charge is -2.31. The quantitative estimate of drug-likeness (QED) is 0.374. The van der Waals surface area contributed by atoms with E-state index in [0.29, 0.717) is 12.0 Å². The molecule has 0 saturated carbocycles. The van der Waals surface area contributed by atoms with Gasteiger partial charge in [-0.15, -0.1) is 0 Å². The summed E-state index contributed by atoms with van der Waals surface area (Å²) in [5.74, 6) is 3.29. The number of anilines is 2. The van der Waals surface area contributed by atoms with Crippen LogP contribution in [0, 0.1) is 0 Å². The number of hydrogen-bond donors (Lipinski definition) is 3. The Labute approximate surface area is 200 Å². The van der Waals surface area contributed by atoms with Gasteiger partial charge in [-0.25, -0.2) is 9.97 Å². The van der Waals surface area contributed by atoms with Crippen molar-refractivity contribution >= 4 is 27.6 Å². The van der Waals surface area contributed by atoms with Crippen LogP contribution in [0.25, 0.3) is 11.4 Å². The number of rotatable bonds is 5. The molecule has 33 heavy (non-hydrogen) atoms. The number of H-pyrrole nitrogens is 2. The van der Waals surface area contributed by atoms with Crippen molar-refractivity contribution < 1.29 is 0 Å². The van der Waals surface area contributed by atoms with Gasteiger partial charge in [0.2, 0.25) is 0 Å². The van der Waals surface area contributed by atoms with Crippen molar-refractivity contribution in [2.45, 2.75) is 37.6 Å². The smallest absolute Gasteiger partial charge is 0.139 e. The summed E-state index contributed by atoms with van der Waals surface area (Å²) in [6.45, 7) is 1.95. The number of aromatic nitrogens is 6. The first kappa shape index (κ1) is 20.4. The van der Waals surface area contributed by atoms with Crippen LogP contribution >= 0.6 is 15.9 Å². The molecule has 0 spiro atoms. The summed E-state index contributed by atoms with van der Waals surface area (Å²) in [6, 6.07) is 11.0. The number of halogens is 1. The van der Waals surface area contributed by atoms with Crippen LogP contribution in [0.15, 0.2) is 53.4 Å². The molecule has 0 radical (unpaired) electrons. The zero-order valence-corrected chi connectivity index (χ0v) is 19.7. The third-order valence-electron chi connectivity index (χ3n) is 6.74. The van der Waals surface area contributed by atoms with E-state index in [0.717, 1.165) is 72.0 Å². The average Bonchev–Trinajstić information content (AvgIpc) is 3.60. The summed E-state index contributed by atoms with van der Waals surface area (Å²) in [5, 5.41) is 14.5. The molecule has 4 aromatic rings. The number of pyridine rings is 1. The second-order valence-corrected chi connectivity index (χ2v) is 9.78. The van der Waals surface area contributed by atoms with Gasteiger partial charge in [0.25, 0.3) is 0 Å². The Morgan fingerprint density at radius 3 is 2.73 bits per heavy atom. The molecule has 3 aromatic heterocycles. The standard InChI is InChI=1S/C24H25BrN8/c25-19-2-1-16-10-20(11-18(16)9-19)29-22-12-17(3-6-26-22)24-27-14-23(30-24)33-7-4-15(5-8-33)21-13-28-32-31-21/h1-3,6,9,12-15,20H,4-5,7-8,10-11H2,(H,26,29)(H,27,30)(H,28,31,32). The molecule has 3 N–H and O–H groups in total. The molecule has 0 amide bonds. The number of nitrogens with one attached hydrogen (secondary N) is 3. The normalized spacial score (nSPS) is 18.5. The highest BCUT2D eigenvalue weighted by atomic mass is 79.9. The van der Waals surface area contributed by atoms with Crippen LogP contribution in [0.5, 0.6) is 0 Å².